The van der Waals surface area contributed by atoms with E-state index in [2.05, 4.69) is 24.5 Å². The van der Waals surface area contributed by atoms with E-state index in [9.17, 15) is 0 Å². The van der Waals surface area contributed by atoms with Crippen LogP contribution in [0.4, 0.5) is 0 Å². The van der Waals surface area contributed by atoms with Gasteiger partial charge in [-0.1, -0.05) is 13.3 Å². The summed E-state index contributed by atoms with van der Waals surface area (Å²) in [6, 6.07) is 6.12. The molecule has 116 valence electrons. The van der Waals surface area contributed by atoms with Crippen molar-refractivity contribution in [3.8, 4) is 5.75 Å². The number of fused-ring (bicyclic) bond motifs is 1. The fraction of sp³-hybridized carbons (Fsp3) is 0.588. The van der Waals surface area contributed by atoms with E-state index in [0.29, 0.717) is 5.92 Å². The van der Waals surface area contributed by atoms with Crippen LogP contribution in [0.2, 0.25) is 0 Å². The number of methoxy groups -OCH3 is 1. The summed E-state index contributed by atoms with van der Waals surface area (Å²) in [7, 11) is 1.69. The fourth-order valence-electron chi connectivity index (χ4n) is 2.95. The van der Waals surface area contributed by atoms with E-state index in [1.165, 1.54) is 17.8 Å². The number of hydrogen-bond acceptors (Lipinski definition) is 3. The Labute approximate surface area is 127 Å². The highest BCUT2D eigenvalue weighted by Gasteiger charge is 2.12. The third-order valence-corrected chi connectivity index (χ3v) is 4.28. The zero-order valence-corrected chi connectivity index (χ0v) is 13.4. The largest absolute Gasteiger partial charge is 0.497 e. The molecule has 0 bridgehead atoms. The summed E-state index contributed by atoms with van der Waals surface area (Å²) >= 11 is 0. The van der Waals surface area contributed by atoms with E-state index in [1.807, 2.05) is 12.1 Å². The van der Waals surface area contributed by atoms with Crippen LogP contribution in [0.1, 0.15) is 38.9 Å². The third-order valence-electron chi connectivity index (χ3n) is 4.28. The molecule has 0 spiro atoms. The molecule has 1 unspecified atom stereocenters. The minimum absolute atomic E-state index is 0.703. The number of imidazole rings is 1. The van der Waals surface area contributed by atoms with Gasteiger partial charge in [-0.25, -0.2) is 4.98 Å². The smallest absolute Gasteiger partial charge is 0.121 e. The molecule has 0 radical (unpaired) electrons. The number of hydrogen-bond donors (Lipinski definition) is 1. The number of aryl methyl sites for hydroxylation is 2. The number of aromatic nitrogens is 2. The van der Waals surface area contributed by atoms with Gasteiger partial charge >= 0.3 is 0 Å². The van der Waals surface area contributed by atoms with Crippen molar-refractivity contribution < 1.29 is 4.74 Å². The maximum atomic E-state index is 5.69. The Balaban J connectivity index is 2.22. The average Bonchev–Trinajstić information content (AvgIpc) is 2.87. The van der Waals surface area contributed by atoms with Gasteiger partial charge in [0.1, 0.15) is 11.6 Å². The van der Waals surface area contributed by atoms with Gasteiger partial charge in [0.15, 0.2) is 0 Å². The maximum absolute atomic E-state index is 5.69. The molecule has 2 aromatic rings. The summed E-state index contributed by atoms with van der Waals surface area (Å²) in [6.45, 7) is 6.14. The van der Waals surface area contributed by atoms with Gasteiger partial charge in [0.2, 0.25) is 0 Å². The molecule has 0 amide bonds. The molecular formula is C17H27N3O. The van der Waals surface area contributed by atoms with Crippen LogP contribution < -0.4 is 10.5 Å². The number of nitrogens with two attached hydrogens (primary N) is 1. The Morgan fingerprint density at radius 3 is 2.71 bits per heavy atom. The molecule has 0 aliphatic rings. The van der Waals surface area contributed by atoms with Crippen molar-refractivity contribution in [2.24, 2.45) is 11.7 Å². The first kappa shape index (κ1) is 15.8. The Kier molecular flexibility index (Phi) is 5.62. The summed E-state index contributed by atoms with van der Waals surface area (Å²) in [5.74, 6) is 2.75. The molecule has 2 N–H and O–H groups in total. The molecule has 1 heterocycles. The van der Waals surface area contributed by atoms with Crippen LogP contribution in [0.3, 0.4) is 0 Å². The highest BCUT2D eigenvalue weighted by molar-refractivity contribution is 5.77. The SMILES string of the molecule is CCC(CCN)CCc1nc2cc(OC)ccc2n1CC. The maximum Gasteiger partial charge on any atom is 0.121 e. The lowest BCUT2D eigenvalue weighted by Crippen LogP contribution is -2.10. The molecule has 21 heavy (non-hydrogen) atoms. The quantitative estimate of drug-likeness (QED) is 0.810. The number of nitrogens with zero attached hydrogens (tertiary/aromatic N) is 2. The van der Waals surface area contributed by atoms with E-state index < -0.39 is 0 Å². The van der Waals surface area contributed by atoms with Gasteiger partial charge in [0, 0.05) is 19.0 Å². The van der Waals surface area contributed by atoms with Crippen LogP contribution in [-0.2, 0) is 13.0 Å². The lowest BCUT2D eigenvalue weighted by Gasteiger charge is -2.13. The predicted octanol–water partition coefficient (Wildman–Crippen LogP) is 3.37. The Bertz CT molecular complexity index is 577. The van der Waals surface area contributed by atoms with E-state index in [0.717, 1.165) is 43.6 Å². The lowest BCUT2D eigenvalue weighted by molar-refractivity contribution is 0.415. The summed E-state index contributed by atoms with van der Waals surface area (Å²) in [5.41, 5.74) is 7.91. The minimum atomic E-state index is 0.703. The molecule has 0 fully saturated rings. The zero-order valence-electron chi connectivity index (χ0n) is 13.4. The normalized spacial score (nSPS) is 12.8. The molecule has 4 nitrogen and oxygen atoms in total. The van der Waals surface area contributed by atoms with E-state index in [-0.39, 0.29) is 0 Å². The first-order chi connectivity index (χ1) is 10.2. The molecule has 1 aromatic carbocycles. The van der Waals surface area contributed by atoms with Crippen molar-refractivity contribution >= 4 is 11.0 Å². The van der Waals surface area contributed by atoms with Gasteiger partial charge in [-0.15, -0.1) is 0 Å². The topological polar surface area (TPSA) is 53.1 Å². The van der Waals surface area contributed by atoms with Crippen molar-refractivity contribution in [2.75, 3.05) is 13.7 Å². The average molecular weight is 289 g/mol. The van der Waals surface area contributed by atoms with Crippen LogP contribution in [0.15, 0.2) is 18.2 Å². The van der Waals surface area contributed by atoms with Crippen molar-refractivity contribution in [3.05, 3.63) is 24.0 Å². The highest BCUT2D eigenvalue weighted by atomic mass is 16.5. The minimum Gasteiger partial charge on any atom is -0.497 e. The van der Waals surface area contributed by atoms with Crippen molar-refractivity contribution in [1.29, 1.82) is 0 Å². The fourth-order valence-corrected chi connectivity index (χ4v) is 2.95. The second-order valence-electron chi connectivity index (χ2n) is 5.52. The van der Waals surface area contributed by atoms with E-state index in [1.54, 1.807) is 7.11 Å². The standard InChI is InChI=1S/C17H27N3O/c1-4-13(10-11-18)6-9-17-19-15-12-14(21-3)7-8-16(15)20(17)5-2/h7-8,12-13H,4-6,9-11,18H2,1-3H3. The van der Waals surface area contributed by atoms with Crippen molar-refractivity contribution in [3.63, 3.8) is 0 Å². The predicted molar refractivity (Wildman–Crippen MR) is 87.7 cm³/mol. The van der Waals surface area contributed by atoms with Crippen LogP contribution in [0, 0.1) is 5.92 Å². The summed E-state index contributed by atoms with van der Waals surface area (Å²) < 4.78 is 7.60. The monoisotopic (exact) mass is 289 g/mol. The summed E-state index contributed by atoms with van der Waals surface area (Å²) in [5, 5.41) is 0. The van der Waals surface area contributed by atoms with Crippen molar-refractivity contribution in [2.45, 2.75) is 46.1 Å². The molecule has 0 saturated heterocycles. The summed E-state index contributed by atoms with van der Waals surface area (Å²) in [6.07, 6.45) is 4.48. The van der Waals surface area contributed by atoms with Crippen LogP contribution in [0.5, 0.6) is 5.75 Å². The molecule has 4 heteroatoms. The van der Waals surface area contributed by atoms with Gasteiger partial charge in [0.05, 0.1) is 18.1 Å². The molecule has 1 atom stereocenters. The molecule has 0 aliphatic carbocycles. The zero-order chi connectivity index (χ0) is 15.2. The Morgan fingerprint density at radius 1 is 1.29 bits per heavy atom. The molecule has 2 rings (SSSR count). The second kappa shape index (κ2) is 7.46. The van der Waals surface area contributed by atoms with Crippen LogP contribution >= 0.6 is 0 Å². The van der Waals surface area contributed by atoms with Gasteiger partial charge in [-0.2, -0.15) is 0 Å². The van der Waals surface area contributed by atoms with Gasteiger partial charge in [-0.05, 0) is 44.4 Å². The number of ether oxygens (including phenoxy) is 1. The number of benzene rings is 1. The van der Waals surface area contributed by atoms with Crippen LogP contribution in [-0.4, -0.2) is 23.2 Å². The Hall–Kier alpha value is -1.55. The summed E-state index contributed by atoms with van der Waals surface area (Å²) in [4.78, 5) is 4.81. The first-order valence-electron chi connectivity index (χ1n) is 7.96. The third kappa shape index (κ3) is 3.56. The van der Waals surface area contributed by atoms with Crippen LogP contribution in [0.25, 0.3) is 11.0 Å². The highest BCUT2D eigenvalue weighted by Crippen LogP contribution is 2.24. The number of rotatable bonds is 8. The van der Waals surface area contributed by atoms with Gasteiger partial charge < -0.3 is 15.0 Å². The second-order valence-corrected chi connectivity index (χ2v) is 5.52. The molecule has 1 aromatic heterocycles. The van der Waals surface area contributed by atoms with E-state index >= 15 is 0 Å². The lowest BCUT2D eigenvalue weighted by atomic mass is 9.96. The molecule has 0 aliphatic heterocycles. The van der Waals surface area contributed by atoms with E-state index in [4.69, 9.17) is 15.5 Å². The van der Waals surface area contributed by atoms with Gasteiger partial charge in [0.25, 0.3) is 0 Å². The van der Waals surface area contributed by atoms with Gasteiger partial charge in [-0.3, -0.25) is 0 Å². The Morgan fingerprint density at radius 2 is 2.10 bits per heavy atom. The first-order valence-corrected chi connectivity index (χ1v) is 7.96. The van der Waals surface area contributed by atoms with Crippen molar-refractivity contribution in [1.82, 2.24) is 9.55 Å². The molecular weight excluding hydrogens is 262 g/mol. The molecule has 0 saturated carbocycles.